The number of carboxylic acid groups (broad SMARTS) is 1. The van der Waals surface area contributed by atoms with Crippen molar-refractivity contribution in [2.24, 2.45) is 5.41 Å². The molecule has 0 radical (unpaired) electrons. The molecule has 3 aliphatic carbocycles. The van der Waals surface area contributed by atoms with E-state index in [2.05, 4.69) is 0 Å². The van der Waals surface area contributed by atoms with Crippen LogP contribution in [-0.2, 0) is 16.4 Å². The zero-order chi connectivity index (χ0) is 13.2. The Balaban J connectivity index is 1.87. The van der Waals surface area contributed by atoms with Gasteiger partial charge >= 0.3 is 12.1 Å². The summed E-state index contributed by atoms with van der Waals surface area (Å²) in [7, 11) is 0. The number of halogens is 3. The van der Waals surface area contributed by atoms with Crippen molar-refractivity contribution in [2.45, 2.75) is 30.9 Å². The highest BCUT2D eigenvalue weighted by Gasteiger charge is 2.72. The fourth-order valence-corrected chi connectivity index (χ4v) is 3.35. The normalized spacial score (nSPS) is 33.5. The monoisotopic (exact) mass is 256 g/mol. The molecule has 2 nitrogen and oxygen atoms in total. The molecule has 0 unspecified atom stereocenters. The zero-order valence-corrected chi connectivity index (χ0v) is 9.42. The number of carboxylic acids is 1. The van der Waals surface area contributed by atoms with Gasteiger partial charge in [0.25, 0.3) is 0 Å². The molecule has 3 saturated carbocycles. The predicted octanol–water partition coefficient (Wildman–Crippen LogP) is 3.21. The van der Waals surface area contributed by atoms with Crippen LogP contribution >= 0.6 is 0 Å². The molecule has 0 heterocycles. The quantitative estimate of drug-likeness (QED) is 0.882. The third-order valence-corrected chi connectivity index (χ3v) is 4.29. The highest BCUT2D eigenvalue weighted by Crippen LogP contribution is 2.73. The van der Waals surface area contributed by atoms with Gasteiger partial charge in [-0.1, -0.05) is 18.2 Å². The van der Waals surface area contributed by atoms with Crippen LogP contribution in [0.3, 0.4) is 0 Å². The minimum atomic E-state index is -4.34. The molecule has 1 aromatic carbocycles. The first-order valence-electron chi connectivity index (χ1n) is 5.69. The Kier molecular flexibility index (Phi) is 1.98. The summed E-state index contributed by atoms with van der Waals surface area (Å²) in [4.78, 5) is 11.0. The van der Waals surface area contributed by atoms with Crippen LogP contribution in [0, 0.1) is 5.41 Å². The van der Waals surface area contributed by atoms with E-state index in [9.17, 15) is 18.0 Å². The fourth-order valence-electron chi connectivity index (χ4n) is 3.35. The lowest BCUT2D eigenvalue weighted by atomic mass is 9.33. The van der Waals surface area contributed by atoms with E-state index in [-0.39, 0.29) is 5.41 Å². The molecule has 3 fully saturated rings. The van der Waals surface area contributed by atoms with E-state index < -0.39 is 23.1 Å². The minimum absolute atomic E-state index is 0.320. The van der Waals surface area contributed by atoms with Crippen LogP contribution in [-0.4, -0.2) is 11.1 Å². The third-order valence-electron chi connectivity index (χ3n) is 4.29. The van der Waals surface area contributed by atoms with Crippen molar-refractivity contribution in [2.75, 3.05) is 0 Å². The molecule has 0 saturated heterocycles. The van der Waals surface area contributed by atoms with Crippen LogP contribution in [0.5, 0.6) is 0 Å². The van der Waals surface area contributed by atoms with E-state index in [1.165, 1.54) is 6.07 Å². The van der Waals surface area contributed by atoms with Gasteiger partial charge in [0.05, 0.1) is 11.0 Å². The van der Waals surface area contributed by atoms with E-state index >= 15 is 0 Å². The van der Waals surface area contributed by atoms with Gasteiger partial charge in [0.1, 0.15) is 0 Å². The van der Waals surface area contributed by atoms with Crippen molar-refractivity contribution < 1.29 is 23.1 Å². The maximum Gasteiger partial charge on any atom is 0.416 e. The van der Waals surface area contributed by atoms with Gasteiger partial charge < -0.3 is 5.11 Å². The summed E-state index contributed by atoms with van der Waals surface area (Å²) in [6, 6.07) is 5.26. The van der Waals surface area contributed by atoms with Crippen molar-refractivity contribution in [1.82, 2.24) is 0 Å². The molecular weight excluding hydrogens is 245 g/mol. The topological polar surface area (TPSA) is 37.3 Å². The summed E-state index contributed by atoms with van der Waals surface area (Å²) >= 11 is 0. The second-order valence-electron chi connectivity index (χ2n) is 5.47. The molecule has 0 amide bonds. The molecule has 0 aliphatic heterocycles. The first kappa shape index (κ1) is 11.6. The molecule has 2 bridgehead atoms. The van der Waals surface area contributed by atoms with Crippen molar-refractivity contribution >= 4 is 5.97 Å². The van der Waals surface area contributed by atoms with Crippen LogP contribution in [0.4, 0.5) is 13.2 Å². The Morgan fingerprint density at radius 3 is 2.33 bits per heavy atom. The Bertz CT molecular complexity index is 514. The molecule has 0 aromatic heterocycles. The largest absolute Gasteiger partial charge is 0.481 e. The lowest BCUT2D eigenvalue weighted by Crippen LogP contribution is -2.67. The number of benzene rings is 1. The summed E-state index contributed by atoms with van der Waals surface area (Å²) in [6.07, 6.45) is -2.94. The molecule has 0 atom stereocenters. The lowest BCUT2D eigenvalue weighted by Gasteiger charge is -2.68. The molecule has 96 valence electrons. The van der Waals surface area contributed by atoms with Gasteiger partial charge in [-0.3, -0.25) is 4.79 Å². The number of hydrogen-bond acceptors (Lipinski definition) is 1. The van der Waals surface area contributed by atoms with Gasteiger partial charge in [0.15, 0.2) is 0 Å². The number of hydrogen-bond donors (Lipinski definition) is 1. The summed E-state index contributed by atoms with van der Waals surface area (Å²) < 4.78 is 37.8. The molecule has 5 heteroatoms. The average molecular weight is 256 g/mol. The van der Waals surface area contributed by atoms with E-state index in [0.717, 1.165) is 12.1 Å². The van der Waals surface area contributed by atoms with Crippen molar-refractivity contribution in [3.63, 3.8) is 0 Å². The second-order valence-corrected chi connectivity index (χ2v) is 5.47. The smallest absolute Gasteiger partial charge is 0.416 e. The van der Waals surface area contributed by atoms with Crippen LogP contribution in [0.25, 0.3) is 0 Å². The molecule has 1 N–H and O–H groups in total. The summed E-state index contributed by atoms with van der Waals surface area (Å²) in [5, 5.41) is 9.00. The Morgan fingerprint density at radius 1 is 1.22 bits per heavy atom. The minimum Gasteiger partial charge on any atom is -0.481 e. The van der Waals surface area contributed by atoms with Crippen LogP contribution < -0.4 is 0 Å². The van der Waals surface area contributed by atoms with Crippen LogP contribution in [0.2, 0.25) is 0 Å². The molecular formula is C13H11F3O2. The van der Waals surface area contributed by atoms with Gasteiger partial charge in [0.2, 0.25) is 0 Å². The van der Waals surface area contributed by atoms with Gasteiger partial charge in [0, 0.05) is 0 Å². The van der Waals surface area contributed by atoms with E-state index in [1.807, 2.05) is 0 Å². The molecule has 0 spiro atoms. The van der Waals surface area contributed by atoms with Gasteiger partial charge in [-0.05, 0) is 36.3 Å². The highest BCUT2D eigenvalue weighted by atomic mass is 19.4. The Labute approximate surface area is 101 Å². The standard InChI is InChI=1S/C13H11F3O2/c14-13(15,16)9-3-1-2-8(4-9)11-5-12(6-11,7-11)10(17)18/h1-4H,5-7H2,(H,17,18). The Morgan fingerprint density at radius 2 is 1.83 bits per heavy atom. The summed E-state index contributed by atoms with van der Waals surface area (Å²) in [5.74, 6) is -0.823. The molecule has 4 rings (SSSR count). The highest BCUT2D eigenvalue weighted by molar-refractivity contribution is 5.80. The lowest BCUT2D eigenvalue weighted by molar-refractivity contribution is -0.194. The van der Waals surface area contributed by atoms with Crippen LogP contribution in [0.15, 0.2) is 24.3 Å². The van der Waals surface area contributed by atoms with Crippen molar-refractivity contribution in [3.05, 3.63) is 35.4 Å². The van der Waals surface area contributed by atoms with Gasteiger partial charge in [-0.2, -0.15) is 13.2 Å². The first-order valence-corrected chi connectivity index (χ1v) is 5.69. The second kappa shape index (κ2) is 3.08. The van der Waals surface area contributed by atoms with E-state index in [1.54, 1.807) is 6.07 Å². The van der Waals surface area contributed by atoms with E-state index in [4.69, 9.17) is 5.11 Å². The third kappa shape index (κ3) is 1.33. The first-order chi connectivity index (χ1) is 8.28. The predicted molar refractivity (Wildman–Crippen MR) is 57.0 cm³/mol. The molecule has 3 aliphatic rings. The number of carbonyl (C=O) groups is 1. The number of rotatable bonds is 2. The maximum absolute atomic E-state index is 12.6. The summed E-state index contributed by atoms with van der Waals surface area (Å²) in [6.45, 7) is 0. The van der Waals surface area contributed by atoms with Crippen LogP contribution in [0.1, 0.15) is 30.4 Å². The van der Waals surface area contributed by atoms with Gasteiger partial charge in [-0.15, -0.1) is 0 Å². The number of alkyl halides is 3. The average Bonchev–Trinajstić information content (AvgIpc) is 2.11. The van der Waals surface area contributed by atoms with Crippen molar-refractivity contribution in [1.29, 1.82) is 0 Å². The Hall–Kier alpha value is -1.52. The molecule has 1 aromatic rings. The zero-order valence-electron chi connectivity index (χ0n) is 9.42. The molecule has 18 heavy (non-hydrogen) atoms. The van der Waals surface area contributed by atoms with E-state index in [0.29, 0.717) is 24.8 Å². The maximum atomic E-state index is 12.6. The SMILES string of the molecule is O=C(O)C12CC(c3cccc(C(F)(F)F)c3)(C1)C2. The van der Waals surface area contributed by atoms with Crippen molar-refractivity contribution in [3.8, 4) is 0 Å². The summed E-state index contributed by atoms with van der Waals surface area (Å²) in [5.41, 5.74) is -1.01. The van der Waals surface area contributed by atoms with Gasteiger partial charge in [-0.25, -0.2) is 0 Å². The number of aliphatic carboxylic acids is 1. The fraction of sp³-hybridized carbons (Fsp3) is 0.462.